The summed E-state index contributed by atoms with van der Waals surface area (Å²) in [7, 11) is 0. The topological polar surface area (TPSA) is 60.9 Å². The minimum atomic E-state index is -1.03. The quantitative estimate of drug-likeness (QED) is 0.786. The SMILES string of the molecule is CC(=O)N1C[C@@H]2N(C[C@@]2(O)c2ccccc2)C1=O. The highest BCUT2D eigenvalue weighted by atomic mass is 16.3. The molecule has 3 rings (SSSR count). The van der Waals surface area contributed by atoms with Crippen LogP contribution in [0.3, 0.4) is 0 Å². The number of carbonyl (C=O) groups excluding carboxylic acids is 2. The van der Waals surface area contributed by atoms with E-state index in [-0.39, 0.29) is 31.1 Å². The number of hydrogen-bond donors (Lipinski definition) is 1. The van der Waals surface area contributed by atoms with Crippen LogP contribution in [0.1, 0.15) is 12.5 Å². The van der Waals surface area contributed by atoms with E-state index in [1.165, 1.54) is 11.8 Å². The molecule has 0 saturated carbocycles. The molecular formula is C13H14N2O3. The van der Waals surface area contributed by atoms with Gasteiger partial charge in [-0.1, -0.05) is 30.3 Å². The molecule has 5 nitrogen and oxygen atoms in total. The zero-order valence-electron chi connectivity index (χ0n) is 10.0. The second-order valence-corrected chi connectivity index (χ2v) is 4.85. The zero-order chi connectivity index (χ0) is 12.9. The molecule has 2 aliphatic rings. The van der Waals surface area contributed by atoms with Crippen molar-refractivity contribution in [1.29, 1.82) is 0 Å². The summed E-state index contributed by atoms with van der Waals surface area (Å²) in [5.74, 6) is -0.273. The van der Waals surface area contributed by atoms with Crippen LogP contribution in [-0.4, -0.2) is 46.0 Å². The second kappa shape index (κ2) is 3.55. The van der Waals surface area contributed by atoms with Crippen LogP contribution in [0.4, 0.5) is 4.79 Å². The molecule has 2 aliphatic heterocycles. The van der Waals surface area contributed by atoms with Gasteiger partial charge in [0.15, 0.2) is 0 Å². The number of aliphatic hydroxyl groups is 1. The largest absolute Gasteiger partial charge is 0.381 e. The molecule has 94 valence electrons. The highest BCUT2D eigenvalue weighted by Crippen LogP contribution is 2.42. The van der Waals surface area contributed by atoms with Gasteiger partial charge >= 0.3 is 6.03 Å². The van der Waals surface area contributed by atoms with Crippen LogP contribution in [0.2, 0.25) is 0 Å². The maximum atomic E-state index is 11.8. The molecule has 2 fully saturated rings. The first-order valence-electron chi connectivity index (χ1n) is 5.90. The number of amides is 3. The molecule has 3 amide bonds. The highest BCUT2D eigenvalue weighted by Gasteiger charge is 2.60. The number of nitrogens with zero attached hydrogens (tertiary/aromatic N) is 2. The molecular weight excluding hydrogens is 232 g/mol. The van der Waals surface area contributed by atoms with Crippen LogP contribution in [0.15, 0.2) is 30.3 Å². The second-order valence-electron chi connectivity index (χ2n) is 4.85. The van der Waals surface area contributed by atoms with Crippen molar-refractivity contribution in [2.24, 2.45) is 0 Å². The Morgan fingerprint density at radius 1 is 1.39 bits per heavy atom. The lowest BCUT2D eigenvalue weighted by Gasteiger charge is -2.49. The van der Waals surface area contributed by atoms with Gasteiger partial charge < -0.3 is 10.0 Å². The van der Waals surface area contributed by atoms with E-state index in [2.05, 4.69) is 0 Å². The summed E-state index contributed by atoms with van der Waals surface area (Å²) in [6.45, 7) is 1.88. The fourth-order valence-corrected chi connectivity index (χ4v) is 2.75. The van der Waals surface area contributed by atoms with E-state index >= 15 is 0 Å². The van der Waals surface area contributed by atoms with E-state index in [0.29, 0.717) is 0 Å². The Bertz CT molecular complexity index is 516. The van der Waals surface area contributed by atoms with E-state index in [4.69, 9.17) is 0 Å². The monoisotopic (exact) mass is 246 g/mol. The number of urea groups is 1. The number of carbonyl (C=O) groups is 2. The number of benzene rings is 1. The fourth-order valence-electron chi connectivity index (χ4n) is 2.75. The smallest absolute Gasteiger partial charge is 0.327 e. The van der Waals surface area contributed by atoms with Crippen LogP contribution in [0, 0.1) is 0 Å². The minimum Gasteiger partial charge on any atom is -0.381 e. The molecule has 1 aromatic rings. The van der Waals surface area contributed by atoms with Gasteiger partial charge in [0.05, 0.1) is 19.1 Å². The van der Waals surface area contributed by atoms with Crippen LogP contribution in [-0.2, 0) is 10.4 Å². The van der Waals surface area contributed by atoms with Crippen LogP contribution in [0.25, 0.3) is 0 Å². The van der Waals surface area contributed by atoms with Gasteiger partial charge in [-0.25, -0.2) is 4.79 Å². The summed E-state index contributed by atoms with van der Waals surface area (Å²) in [5.41, 5.74) is -0.231. The number of imide groups is 1. The minimum absolute atomic E-state index is 0.254. The standard InChI is InChI=1S/C13H14N2O3/c1-9(16)14-7-11-13(18,8-15(11)12(14)17)10-5-3-2-4-6-10/h2-6,11,18H,7-8H2,1H3/t11-,13+/m0/s1. The Morgan fingerprint density at radius 3 is 2.67 bits per heavy atom. The Balaban J connectivity index is 1.89. The zero-order valence-corrected chi connectivity index (χ0v) is 10.0. The summed E-state index contributed by atoms with van der Waals surface area (Å²) >= 11 is 0. The normalized spacial score (nSPS) is 30.1. The van der Waals surface area contributed by atoms with Crippen LogP contribution >= 0.6 is 0 Å². The first-order chi connectivity index (χ1) is 8.54. The van der Waals surface area contributed by atoms with E-state index in [1.807, 2.05) is 30.3 Å². The van der Waals surface area contributed by atoms with Gasteiger partial charge in [0.2, 0.25) is 5.91 Å². The molecule has 18 heavy (non-hydrogen) atoms. The molecule has 0 radical (unpaired) electrons. The van der Waals surface area contributed by atoms with Gasteiger partial charge in [0.25, 0.3) is 0 Å². The Kier molecular flexibility index (Phi) is 2.22. The van der Waals surface area contributed by atoms with Crippen molar-refractivity contribution in [3.8, 4) is 0 Å². The average Bonchev–Trinajstić information content (AvgIpc) is 2.63. The van der Waals surface area contributed by atoms with Crippen LogP contribution < -0.4 is 0 Å². The summed E-state index contributed by atoms with van der Waals surface area (Å²) in [6, 6.07) is 8.66. The maximum absolute atomic E-state index is 11.8. The fraction of sp³-hybridized carbons (Fsp3) is 0.385. The average molecular weight is 246 g/mol. The van der Waals surface area contributed by atoms with Crippen molar-refractivity contribution < 1.29 is 14.7 Å². The van der Waals surface area contributed by atoms with Crippen molar-refractivity contribution >= 4 is 11.9 Å². The molecule has 0 spiro atoms. The number of hydrogen-bond acceptors (Lipinski definition) is 3. The van der Waals surface area contributed by atoms with E-state index < -0.39 is 5.60 Å². The predicted molar refractivity (Wildman–Crippen MR) is 63.6 cm³/mol. The first-order valence-corrected chi connectivity index (χ1v) is 5.90. The Labute approximate surface area is 105 Å². The Morgan fingerprint density at radius 2 is 2.06 bits per heavy atom. The van der Waals surface area contributed by atoms with E-state index in [9.17, 15) is 14.7 Å². The predicted octanol–water partition coefficient (Wildman–Crippen LogP) is 0.540. The Hall–Kier alpha value is -1.88. The lowest BCUT2D eigenvalue weighted by Crippen LogP contribution is -2.66. The summed E-state index contributed by atoms with van der Waals surface area (Å²) in [4.78, 5) is 25.9. The maximum Gasteiger partial charge on any atom is 0.327 e. The molecule has 2 heterocycles. The third-order valence-electron chi connectivity index (χ3n) is 3.82. The summed E-state index contributed by atoms with van der Waals surface area (Å²) in [6.07, 6.45) is 0. The van der Waals surface area contributed by atoms with Gasteiger partial charge in [-0.2, -0.15) is 0 Å². The van der Waals surface area contributed by atoms with Crippen molar-refractivity contribution in [2.45, 2.75) is 18.6 Å². The summed E-state index contributed by atoms with van der Waals surface area (Å²) < 4.78 is 0. The molecule has 1 aromatic carbocycles. The molecule has 0 aliphatic carbocycles. The molecule has 0 unspecified atom stereocenters. The van der Waals surface area contributed by atoms with Gasteiger partial charge in [-0.15, -0.1) is 0 Å². The van der Waals surface area contributed by atoms with Crippen molar-refractivity contribution in [1.82, 2.24) is 9.80 Å². The van der Waals surface area contributed by atoms with Gasteiger partial charge in [0.1, 0.15) is 5.60 Å². The molecule has 0 aromatic heterocycles. The van der Waals surface area contributed by atoms with Crippen molar-refractivity contribution in [3.05, 3.63) is 35.9 Å². The van der Waals surface area contributed by atoms with Crippen LogP contribution in [0.5, 0.6) is 0 Å². The molecule has 5 heteroatoms. The molecule has 0 bridgehead atoms. The van der Waals surface area contributed by atoms with Crippen molar-refractivity contribution in [3.63, 3.8) is 0 Å². The van der Waals surface area contributed by atoms with Crippen molar-refractivity contribution in [2.75, 3.05) is 13.1 Å². The van der Waals surface area contributed by atoms with Gasteiger partial charge in [0, 0.05) is 6.92 Å². The first kappa shape index (κ1) is 11.2. The highest BCUT2D eigenvalue weighted by molar-refractivity contribution is 5.96. The molecule has 2 saturated heterocycles. The van der Waals surface area contributed by atoms with E-state index in [0.717, 1.165) is 5.56 Å². The lowest BCUT2D eigenvalue weighted by molar-refractivity contribution is -0.127. The lowest BCUT2D eigenvalue weighted by atomic mass is 9.79. The third-order valence-corrected chi connectivity index (χ3v) is 3.82. The number of fused-ring (bicyclic) bond motifs is 1. The third kappa shape index (κ3) is 1.31. The molecule has 2 atom stereocenters. The van der Waals surface area contributed by atoms with Gasteiger partial charge in [-0.3, -0.25) is 9.69 Å². The van der Waals surface area contributed by atoms with Gasteiger partial charge in [-0.05, 0) is 5.56 Å². The molecule has 1 N–H and O–H groups in total. The number of rotatable bonds is 1. The van der Waals surface area contributed by atoms with E-state index in [1.54, 1.807) is 4.90 Å². The summed E-state index contributed by atoms with van der Waals surface area (Å²) in [5, 5.41) is 10.6.